The van der Waals surface area contributed by atoms with Gasteiger partial charge in [-0.15, -0.1) is 11.3 Å². The van der Waals surface area contributed by atoms with E-state index >= 15 is 0 Å². The SMILES string of the molecule is COc1cc(/C=C2\S/C(=N/c3nc(-c4ccccc4)cs3)N(C3CCCCC3)C2=O)ccc1OCc1ccc(Cl)cc1. The van der Waals surface area contributed by atoms with E-state index in [9.17, 15) is 4.79 Å². The van der Waals surface area contributed by atoms with Crippen molar-refractivity contribution in [3.05, 3.63) is 99.2 Å². The first-order valence-electron chi connectivity index (χ1n) is 14.0. The minimum absolute atomic E-state index is 0.00693. The predicted molar refractivity (Wildman–Crippen MR) is 173 cm³/mol. The average Bonchev–Trinajstić information content (AvgIpc) is 3.62. The Morgan fingerprint density at radius 3 is 2.57 bits per heavy atom. The van der Waals surface area contributed by atoms with Crippen LogP contribution in [0.2, 0.25) is 5.02 Å². The Morgan fingerprint density at radius 2 is 1.81 bits per heavy atom. The first-order valence-corrected chi connectivity index (χ1v) is 16.0. The number of nitrogens with zero attached hydrogens (tertiary/aromatic N) is 3. The van der Waals surface area contributed by atoms with Crippen LogP contribution in [0.15, 0.2) is 88.1 Å². The molecule has 42 heavy (non-hydrogen) atoms. The molecule has 2 heterocycles. The number of carbonyl (C=O) groups is 1. The van der Waals surface area contributed by atoms with Crippen molar-refractivity contribution in [1.29, 1.82) is 0 Å². The maximum Gasteiger partial charge on any atom is 0.267 e. The van der Waals surface area contributed by atoms with Gasteiger partial charge >= 0.3 is 0 Å². The topological polar surface area (TPSA) is 64.0 Å². The van der Waals surface area contributed by atoms with Crippen molar-refractivity contribution < 1.29 is 14.3 Å². The molecule has 9 heteroatoms. The molecule has 4 aromatic rings. The fourth-order valence-electron chi connectivity index (χ4n) is 5.15. The van der Waals surface area contributed by atoms with Crippen LogP contribution in [0.5, 0.6) is 11.5 Å². The van der Waals surface area contributed by atoms with E-state index in [0.29, 0.717) is 38.3 Å². The zero-order valence-corrected chi connectivity index (χ0v) is 25.6. The number of ether oxygens (including phenoxy) is 2. The zero-order chi connectivity index (χ0) is 28.9. The molecule has 0 unspecified atom stereocenters. The second kappa shape index (κ2) is 13.2. The molecule has 6 rings (SSSR count). The smallest absolute Gasteiger partial charge is 0.267 e. The zero-order valence-electron chi connectivity index (χ0n) is 23.2. The third kappa shape index (κ3) is 6.56. The van der Waals surface area contributed by atoms with Gasteiger partial charge in [-0.25, -0.2) is 4.98 Å². The summed E-state index contributed by atoms with van der Waals surface area (Å²) in [6.07, 6.45) is 7.33. The molecule has 0 bridgehead atoms. The van der Waals surface area contributed by atoms with Crippen LogP contribution in [0.25, 0.3) is 17.3 Å². The Balaban J connectivity index is 1.25. The van der Waals surface area contributed by atoms with Crippen LogP contribution >= 0.6 is 34.7 Å². The van der Waals surface area contributed by atoms with E-state index < -0.39 is 0 Å². The molecule has 1 amide bonds. The number of aliphatic imine (C=N–C) groups is 1. The van der Waals surface area contributed by atoms with Crippen molar-refractivity contribution in [1.82, 2.24) is 9.88 Å². The van der Waals surface area contributed by atoms with Gasteiger partial charge in [0, 0.05) is 22.0 Å². The van der Waals surface area contributed by atoms with Crippen LogP contribution in [0.4, 0.5) is 5.13 Å². The fourth-order valence-corrected chi connectivity index (χ4v) is 7.07. The molecule has 0 spiro atoms. The number of thiazole rings is 1. The Bertz CT molecular complexity index is 1610. The molecule has 1 aliphatic heterocycles. The van der Waals surface area contributed by atoms with Gasteiger partial charge in [-0.2, -0.15) is 4.99 Å². The number of hydrogen-bond donors (Lipinski definition) is 0. The third-order valence-electron chi connectivity index (χ3n) is 7.32. The van der Waals surface area contributed by atoms with Gasteiger partial charge in [0.05, 0.1) is 17.7 Å². The van der Waals surface area contributed by atoms with Crippen molar-refractivity contribution in [3.8, 4) is 22.8 Å². The lowest BCUT2D eigenvalue weighted by Gasteiger charge is -2.30. The summed E-state index contributed by atoms with van der Waals surface area (Å²) >= 11 is 8.90. The van der Waals surface area contributed by atoms with Crippen LogP contribution in [0.1, 0.15) is 43.2 Å². The molecule has 1 saturated heterocycles. The summed E-state index contributed by atoms with van der Waals surface area (Å²) in [6.45, 7) is 0.390. The Kier molecular flexibility index (Phi) is 8.93. The molecular formula is C33H30ClN3O3S2. The van der Waals surface area contributed by atoms with Crippen molar-refractivity contribution >= 4 is 57.0 Å². The van der Waals surface area contributed by atoms with Crippen LogP contribution in [-0.2, 0) is 11.4 Å². The standard InChI is InChI=1S/C33H30ClN3O3S2/c1-39-29-18-23(14-17-28(29)40-20-22-12-15-25(34)16-13-22)19-30-31(38)37(26-10-6-3-7-11-26)33(42-30)36-32-35-27(21-41-32)24-8-4-2-5-9-24/h2,4-5,8-9,12-19,21,26H,3,6-7,10-11,20H2,1H3/b30-19-,36-33+. The number of rotatable bonds is 8. The lowest BCUT2D eigenvalue weighted by Crippen LogP contribution is -2.40. The molecule has 2 aliphatic rings. The molecule has 6 nitrogen and oxygen atoms in total. The van der Waals surface area contributed by atoms with Gasteiger partial charge in [-0.05, 0) is 66.1 Å². The second-order valence-electron chi connectivity index (χ2n) is 10.2. The number of carbonyl (C=O) groups excluding carboxylic acids is 1. The number of thioether (sulfide) groups is 1. The molecule has 1 aliphatic carbocycles. The third-order valence-corrected chi connectivity index (χ3v) is 9.29. The average molecular weight is 616 g/mol. The highest BCUT2D eigenvalue weighted by atomic mass is 35.5. The summed E-state index contributed by atoms with van der Waals surface area (Å²) in [4.78, 5) is 26.0. The molecule has 2 fully saturated rings. The number of benzene rings is 3. The van der Waals surface area contributed by atoms with E-state index in [2.05, 4.69) is 0 Å². The van der Waals surface area contributed by atoms with E-state index in [1.54, 1.807) is 7.11 Å². The lowest BCUT2D eigenvalue weighted by molar-refractivity contribution is -0.124. The maximum absolute atomic E-state index is 13.8. The number of halogens is 1. The van der Waals surface area contributed by atoms with E-state index in [1.165, 1.54) is 29.5 Å². The van der Waals surface area contributed by atoms with Crippen LogP contribution < -0.4 is 9.47 Å². The number of amides is 1. The number of aromatic nitrogens is 1. The minimum atomic E-state index is -0.00693. The summed E-state index contributed by atoms with van der Waals surface area (Å²) in [5.74, 6) is 1.22. The highest BCUT2D eigenvalue weighted by molar-refractivity contribution is 8.18. The maximum atomic E-state index is 13.8. The minimum Gasteiger partial charge on any atom is -0.493 e. The van der Waals surface area contributed by atoms with Gasteiger partial charge in [0.1, 0.15) is 6.61 Å². The predicted octanol–water partition coefficient (Wildman–Crippen LogP) is 8.99. The van der Waals surface area contributed by atoms with E-state index in [0.717, 1.165) is 48.1 Å². The van der Waals surface area contributed by atoms with E-state index in [4.69, 9.17) is 31.1 Å². The first kappa shape index (κ1) is 28.5. The van der Waals surface area contributed by atoms with Crippen molar-refractivity contribution in [2.75, 3.05) is 7.11 Å². The fraction of sp³-hybridized carbons (Fsp3) is 0.242. The highest BCUT2D eigenvalue weighted by Crippen LogP contribution is 2.40. The summed E-state index contributed by atoms with van der Waals surface area (Å²) in [5.41, 5.74) is 3.80. The van der Waals surface area contributed by atoms with Crippen molar-refractivity contribution in [2.24, 2.45) is 4.99 Å². The monoisotopic (exact) mass is 615 g/mol. The molecule has 214 valence electrons. The summed E-state index contributed by atoms with van der Waals surface area (Å²) < 4.78 is 11.7. The summed E-state index contributed by atoms with van der Waals surface area (Å²) in [6, 6.07) is 23.5. The van der Waals surface area contributed by atoms with Gasteiger partial charge in [-0.1, -0.05) is 79.4 Å². The lowest BCUT2D eigenvalue weighted by atomic mass is 9.94. The molecular weight excluding hydrogens is 586 g/mol. The molecule has 0 radical (unpaired) electrons. The number of methoxy groups -OCH3 is 1. The van der Waals surface area contributed by atoms with Gasteiger partial charge in [-0.3, -0.25) is 9.69 Å². The van der Waals surface area contributed by atoms with E-state index in [-0.39, 0.29) is 11.9 Å². The summed E-state index contributed by atoms with van der Waals surface area (Å²) in [5, 5.41) is 4.05. The first-order chi connectivity index (χ1) is 20.6. The van der Waals surface area contributed by atoms with Crippen LogP contribution in [-0.4, -0.2) is 34.1 Å². The molecule has 1 saturated carbocycles. The van der Waals surface area contributed by atoms with Gasteiger partial charge in [0.2, 0.25) is 5.13 Å². The van der Waals surface area contributed by atoms with Crippen molar-refractivity contribution in [2.45, 2.75) is 44.8 Å². The second-order valence-corrected chi connectivity index (χ2v) is 12.5. The number of amidine groups is 1. The molecule has 3 aromatic carbocycles. The number of hydrogen-bond acceptors (Lipinski definition) is 7. The summed E-state index contributed by atoms with van der Waals surface area (Å²) in [7, 11) is 1.62. The van der Waals surface area contributed by atoms with Crippen LogP contribution in [0.3, 0.4) is 0 Å². The Labute approximate surface area is 259 Å². The van der Waals surface area contributed by atoms with Crippen LogP contribution in [0, 0.1) is 0 Å². The van der Waals surface area contributed by atoms with E-state index in [1.807, 2.05) is 89.2 Å². The largest absolute Gasteiger partial charge is 0.493 e. The quantitative estimate of drug-likeness (QED) is 0.185. The Hall–Kier alpha value is -3.59. The Morgan fingerprint density at radius 1 is 1.02 bits per heavy atom. The molecule has 0 N–H and O–H groups in total. The van der Waals surface area contributed by atoms with Gasteiger partial charge in [0.15, 0.2) is 16.7 Å². The van der Waals surface area contributed by atoms with Gasteiger partial charge in [0.25, 0.3) is 5.91 Å². The normalized spacial score (nSPS) is 17.8. The van der Waals surface area contributed by atoms with Gasteiger partial charge < -0.3 is 9.47 Å². The molecule has 1 aromatic heterocycles. The highest BCUT2D eigenvalue weighted by Gasteiger charge is 2.39. The van der Waals surface area contributed by atoms with Crippen molar-refractivity contribution in [3.63, 3.8) is 0 Å². The molecule has 0 atom stereocenters.